The van der Waals surface area contributed by atoms with Crippen molar-refractivity contribution in [2.45, 2.75) is 49.6 Å². The molecule has 1 aromatic heterocycles. The second-order valence-corrected chi connectivity index (χ2v) is 8.12. The number of nitrogens with zero attached hydrogens (tertiary/aromatic N) is 3. The molecular formula is C17H20FN3O4S. The lowest BCUT2D eigenvalue weighted by atomic mass is 10.2. The van der Waals surface area contributed by atoms with Crippen LogP contribution < -0.4 is 0 Å². The molecule has 0 saturated carbocycles. The smallest absolute Gasteiger partial charge is 0.335 e. The third-order valence-electron chi connectivity index (χ3n) is 4.31. The normalized spacial score (nSPS) is 17.6. The molecule has 1 aliphatic rings. The van der Waals surface area contributed by atoms with Crippen molar-refractivity contribution in [1.29, 1.82) is 0 Å². The average Bonchev–Trinajstić information content (AvgIpc) is 3.26. The number of rotatable bonds is 6. The van der Waals surface area contributed by atoms with Gasteiger partial charge >= 0.3 is 5.22 Å². The fourth-order valence-electron chi connectivity index (χ4n) is 3.04. The second-order valence-electron chi connectivity index (χ2n) is 6.25. The first-order chi connectivity index (χ1) is 12.4. The standard InChI is InChI=1S/C17H20FN3O4S/c1-2-6-15(22)21-10-5-9-14(21)16-19-20-17(25-16)26(23,24)11-12-7-3-4-8-13(12)18/h3-4,7-8,14H,2,5-6,9-11H2,1H3/t14-/m0/s1. The van der Waals surface area contributed by atoms with Gasteiger partial charge in [0.05, 0.1) is 5.75 Å². The van der Waals surface area contributed by atoms with Crippen LogP contribution in [0.15, 0.2) is 33.9 Å². The summed E-state index contributed by atoms with van der Waals surface area (Å²) in [6.45, 7) is 2.51. The van der Waals surface area contributed by atoms with Gasteiger partial charge in [-0.2, -0.15) is 0 Å². The van der Waals surface area contributed by atoms with Crippen molar-refractivity contribution in [3.63, 3.8) is 0 Å². The Morgan fingerprint density at radius 2 is 2.12 bits per heavy atom. The van der Waals surface area contributed by atoms with Gasteiger partial charge in [0.1, 0.15) is 11.9 Å². The van der Waals surface area contributed by atoms with Gasteiger partial charge in [-0.1, -0.05) is 30.2 Å². The Balaban J connectivity index is 1.80. The number of halogens is 1. The van der Waals surface area contributed by atoms with Gasteiger partial charge in [-0.3, -0.25) is 4.79 Å². The Morgan fingerprint density at radius 1 is 1.35 bits per heavy atom. The minimum Gasteiger partial charge on any atom is -0.410 e. The monoisotopic (exact) mass is 381 g/mol. The fourth-order valence-corrected chi connectivity index (χ4v) is 4.19. The minimum absolute atomic E-state index is 0.0102. The Hall–Kier alpha value is -2.29. The van der Waals surface area contributed by atoms with Gasteiger partial charge in [-0.15, -0.1) is 5.10 Å². The van der Waals surface area contributed by atoms with Crippen molar-refractivity contribution in [3.8, 4) is 0 Å². The summed E-state index contributed by atoms with van der Waals surface area (Å²) < 4.78 is 44.0. The summed E-state index contributed by atoms with van der Waals surface area (Å²) >= 11 is 0. The zero-order valence-electron chi connectivity index (χ0n) is 14.4. The summed E-state index contributed by atoms with van der Waals surface area (Å²) in [7, 11) is -3.98. The maximum atomic E-state index is 13.7. The van der Waals surface area contributed by atoms with E-state index in [0.29, 0.717) is 19.4 Å². The summed E-state index contributed by atoms with van der Waals surface area (Å²) in [5, 5.41) is 6.92. The van der Waals surface area contributed by atoms with E-state index in [-0.39, 0.29) is 17.4 Å². The predicted molar refractivity (Wildman–Crippen MR) is 90.2 cm³/mol. The lowest BCUT2D eigenvalue weighted by Gasteiger charge is -2.21. The van der Waals surface area contributed by atoms with Crippen LogP contribution in [-0.4, -0.2) is 36.0 Å². The van der Waals surface area contributed by atoms with E-state index in [1.807, 2.05) is 6.92 Å². The van der Waals surface area contributed by atoms with Gasteiger partial charge in [-0.05, 0) is 25.3 Å². The largest absolute Gasteiger partial charge is 0.410 e. The van der Waals surface area contributed by atoms with Crippen molar-refractivity contribution in [1.82, 2.24) is 15.1 Å². The molecule has 7 nitrogen and oxygen atoms in total. The fraction of sp³-hybridized carbons (Fsp3) is 0.471. The van der Waals surface area contributed by atoms with E-state index in [9.17, 15) is 17.6 Å². The molecule has 0 bridgehead atoms. The summed E-state index contributed by atoms with van der Waals surface area (Å²) in [5.41, 5.74) is 0.0351. The van der Waals surface area contributed by atoms with Crippen LogP contribution in [0.1, 0.15) is 50.1 Å². The van der Waals surface area contributed by atoms with E-state index in [4.69, 9.17) is 4.42 Å². The topological polar surface area (TPSA) is 93.4 Å². The summed E-state index contributed by atoms with van der Waals surface area (Å²) in [4.78, 5) is 13.8. The van der Waals surface area contributed by atoms with E-state index in [2.05, 4.69) is 10.2 Å². The van der Waals surface area contributed by atoms with Crippen molar-refractivity contribution in [2.75, 3.05) is 6.54 Å². The Kier molecular flexibility index (Phi) is 5.36. The number of likely N-dealkylation sites (tertiary alicyclic amines) is 1. The lowest BCUT2D eigenvalue weighted by Crippen LogP contribution is -2.30. The lowest BCUT2D eigenvalue weighted by molar-refractivity contribution is -0.132. The molecule has 1 fully saturated rings. The van der Waals surface area contributed by atoms with Crippen LogP contribution in [0.25, 0.3) is 0 Å². The number of hydrogen-bond donors (Lipinski definition) is 0. The average molecular weight is 381 g/mol. The molecule has 140 valence electrons. The summed E-state index contributed by atoms with van der Waals surface area (Å²) in [6.07, 6.45) is 2.58. The third kappa shape index (κ3) is 3.77. The van der Waals surface area contributed by atoms with Crippen LogP contribution in [-0.2, 0) is 20.4 Å². The molecule has 0 radical (unpaired) electrons. The zero-order chi connectivity index (χ0) is 18.7. The number of benzene rings is 1. The molecule has 2 heterocycles. The maximum Gasteiger partial charge on any atom is 0.335 e. The van der Waals surface area contributed by atoms with E-state index >= 15 is 0 Å². The number of sulfone groups is 1. The first-order valence-electron chi connectivity index (χ1n) is 8.51. The number of amides is 1. The first kappa shape index (κ1) is 18.5. The number of hydrogen-bond acceptors (Lipinski definition) is 6. The highest BCUT2D eigenvalue weighted by Gasteiger charge is 2.35. The first-order valence-corrected chi connectivity index (χ1v) is 10.2. The molecule has 1 amide bonds. The number of aromatic nitrogens is 2. The van der Waals surface area contributed by atoms with E-state index < -0.39 is 32.7 Å². The van der Waals surface area contributed by atoms with Gasteiger partial charge in [0, 0.05) is 18.5 Å². The van der Waals surface area contributed by atoms with Crippen LogP contribution in [0.2, 0.25) is 0 Å². The van der Waals surface area contributed by atoms with Gasteiger partial charge in [-0.25, -0.2) is 12.8 Å². The molecule has 26 heavy (non-hydrogen) atoms. The molecule has 1 atom stereocenters. The van der Waals surface area contributed by atoms with Crippen LogP contribution in [0.5, 0.6) is 0 Å². The third-order valence-corrected chi connectivity index (χ3v) is 5.70. The van der Waals surface area contributed by atoms with Crippen molar-refractivity contribution in [3.05, 3.63) is 41.5 Å². The van der Waals surface area contributed by atoms with Crippen molar-refractivity contribution >= 4 is 15.7 Å². The van der Waals surface area contributed by atoms with Crippen molar-refractivity contribution < 1.29 is 22.0 Å². The van der Waals surface area contributed by atoms with E-state index in [0.717, 1.165) is 12.8 Å². The van der Waals surface area contributed by atoms with Crippen LogP contribution in [0.4, 0.5) is 4.39 Å². The van der Waals surface area contributed by atoms with Crippen LogP contribution >= 0.6 is 0 Å². The highest BCUT2D eigenvalue weighted by molar-refractivity contribution is 7.90. The summed E-state index contributed by atoms with van der Waals surface area (Å²) in [5.74, 6) is -1.07. The predicted octanol–water partition coefficient (Wildman–Crippen LogP) is 2.65. The van der Waals surface area contributed by atoms with Crippen LogP contribution in [0.3, 0.4) is 0 Å². The quantitative estimate of drug-likeness (QED) is 0.764. The summed E-state index contributed by atoms with van der Waals surface area (Å²) in [6, 6.07) is 5.23. The number of carbonyl (C=O) groups excluding carboxylic acids is 1. The molecule has 1 aliphatic heterocycles. The van der Waals surface area contributed by atoms with Crippen molar-refractivity contribution in [2.24, 2.45) is 0 Å². The number of carbonyl (C=O) groups is 1. The molecule has 1 saturated heterocycles. The van der Waals surface area contributed by atoms with Gasteiger partial charge in [0.2, 0.25) is 21.6 Å². The SMILES string of the molecule is CCCC(=O)N1CCC[C@H]1c1nnc(S(=O)(=O)Cc2ccccc2F)o1. The van der Waals surface area contributed by atoms with Crippen LogP contribution in [0, 0.1) is 5.82 Å². The van der Waals surface area contributed by atoms with E-state index in [1.165, 1.54) is 18.2 Å². The second kappa shape index (κ2) is 7.53. The molecule has 0 aliphatic carbocycles. The Morgan fingerprint density at radius 3 is 2.85 bits per heavy atom. The maximum absolute atomic E-state index is 13.7. The van der Waals surface area contributed by atoms with Gasteiger partial charge in [0.15, 0.2) is 0 Å². The Labute approximate surface area is 151 Å². The van der Waals surface area contributed by atoms with E-state index in [1.54, 1.807) is 11.0 Å². The minimum atomic E-state index is -3.98. The Bertz CT molecular complexity index is 897. The van der Waals surface area contributed by atoms with Gasteiger partial charge < -0.3 is 9.32 Å². The molecular weight excluding hydrogens is 361 g/mol. The highest BCUT2D eigenvalue weighted by Crippen LogP contribution is 2.32. The molecule has 1 aromatic carbocycles. The highest BCUT2D eigenvalue weighted by atomic mass is 32.2. The molecule has 0 spiro atoms. The molecule has 3 rings (SSSR count). The molecule has 0 unspecified atom stereocenters. The molecule has 2 aromatic rings. The van der Waals surface area contributed by atoms with Gasteiger partial charge in [0.25, 0.3) is 0 Å². The molecule has 0 N–H and O–H groups in total. The molecule has 9 heteroatoms. The zero-order valence-corrected chi connectivity index (χ0v) is 15.2.